The summed E-state index contributed by atoms with van der Waals surface area (Å²) in [4.78, 5) is 11.9. The molecule has 0 bridgehead atoms. The van der Waals surface area contributed by atoms with Crippen molar-refractivity contribution in [1.82, 2.24) is 5.32 Å². The fourth-order valence-corrected chi connectivity index (χ4v) is 1.89. The van der Waals surface area contributed by atoms with Gasteiger partial charge in [0.05, 0.1) is 19.1 Å². The normalized spacial score (nSPS) is 16.4. The summed E-state index contributed by atoms with van der Waals surface area (Å²) in [6.07, 6.45) is 2.31. The Bertz CT molecular complexity index is 414. The van der Waals surface area contributed by atoms with Crippen LogP contribution in [0.3, 0.4) is 0 Å². The van der Waals surface area contributed by atoms with Crippen molar-refractivity contribution in [3.8, 4) is 5.75 Å². The lowest BCUT2D eigenvalue weighted by Crippen LogP contribution is -2.43. The van der Waals surface area contributed by atoms with E-state index in [0.717, 1.165) is 24.2 Å². The highest BCUT2D eigenvalue weighted by atomic mass is 16.5. The predicted molar refractivity (Wildman–Crippen MR) is 65.9 cm³/mol. The summed E-state index contributed by atoms with van der Waals surface area (Å²) in [7, 11) is 1.61. The predicted octanol–water partition coefficient (Wildman–Crippen LogP) is 0.845. The summed E-state index contributed by atoms with van der Waals surface area (Å²) >= 11 is 0. The summed E-state index contributed by atoms with van der Waals surface area (Å²) in [6.45, 7) is 0.519. The number of ether oxygens (including phenoxy) is 1. The molecule has 0 aliphatic heterocycles. The summed E-state index contributed by atoms with van der Waals surface area (Å²) < 4.78 is 5.21. The lowest BCUT2D eigenvalue weighted by Gasteiger charge is -2.15. The van der Waals surface area contributed by atoms with Gasteiger partial charge < -0.3 is 15.8 Å². The van der Waals surface area contributed by atoms with E-state index in [1.165, 1.54) is 0 Å². The van der Waals surface area contributed by atoms with Crippen molar-refractivity contribution in [3.63, 3.8) is 0 Å². The van der Waals surface area contributed by atoms with Crippen molar-refractivity contribution in [2.45, 2.75) is 24.8 Å². The second-order valence-corrected chi connectivity index (χ2v) is 4.52. The minimum Gasteiger partial charge on any atom is -0.496 e. The third kappa shape index (κ3) is 2.77. The van der Waals surface area contributed by atoms with Crippen molar-refractivity contribution in [2.24, 2.45) is 5.73 Å². The van der Waals surface area contributed by atoms with Crippen LogP contribution in [-0.4, -0.2) is 25.1 Å². The zero-order chi connectivity index (χ0) is 12.3. The van der Waals surface area contributed by atoms with Gasteiger partial charge in [-0.3, -0.25) is 4.79 Å². The van der Waals surface area contributed by atoms with Gasteiger partial charge in [0.1, 0.15) is 5.75 Å². The molecular weight excluding hydrogens is 216 g/mol. The summed E-state index contributed by atoms with van der Waals surface area (Å²) in [6, 6.07) is 7.56. The zero-order valence-electron chi connectivity index (χ0n) is 10.0. The van der Waals surface area contributed by atoms with Crippen LogP contribution in [-0.2, 0) is 11.2 Å². The molecule has 92 valence electrons. The van der Waals surface area contributed by atoms with Crippen LogP contribution in [0.25, 0.3) is 0 Å². The molecule has 0 radical (unpaired) electrons. The molecule has 1 fully saturated rings. The zero-order valence-corrected chi connectivity index (χ0v) is 10.0. The summed E-state index contributed by atoms with van der Waals surface area (Å²) in [5, 5.41) is 3.00. The van der Waals surface area contributed by atoms with Crippen LogP contribution < -0.4 is 15.8 Å². The Balaban J connectivity index is 1.98. The van der Waals surface area contributed by atoms with E-state index in [1.807, 2.05) is 24.3 Å². The second kappa shape index (κ2) is 4.75. The van der Waals surface area contributed by atoms with E-state index in [9.17, 15) is 4.79 Å². The molecule has 0 unspecified atom stereocenters. The molecule has 1 aliphatic rings. The minimum atomic E-state index is -0.126. The lowest BCUT2D eigenvalue weighted by molar-refractivity contribution is -0.121. The van der Waals surface area contributed by atoms with Crippen molar-refractivity contribution in [1.29, 1.82) is 0 Å². The second-order valence-electron chi connectivity index (χ2n) is 4.52. The van der Waals surface area contributed by atoms with Gasteiger partial charge in [-0.15, -0.1) is 0 Å². The topological polar surface area (TPSA) is 64.3 Å². The van der Waals surface area contributed by atoms with Crippen LogP contribution in [0.5, 0.6) is 5.75 Å². The monoisotopic (exact) mass is 234 g/mol. The van der Waals surface area contributed by atoms with Gasteiger partial charge in [-0.05, 0) is 18.9 Å². The Morgan fingerprint density at radius 1 is 1.47 bits per heavy atom. The molecule has 0 spiro atoms. The Hall–Kier alpha value is -1.55. The van der Waals surface area contributed by atoms with Crippen LogP contribution in [0.4, 0.5) is 0 Å². The molecule has 0 heterocycles. The SMILES string of the molecule is COc1ccccc1CC(=O)NC1(CN)CC1. The molecule has 1 saturated carbocycles. The molecule has 1 aromatic rings. The molecule has 0 atom stereocenters. The number of carbonyl (C=O) groups excluding carboxylic acids is 1. The average molecular weight is 234 g/mol. The lowest BCUT2D eigenvalue weighted by atomic mass is 10.1. The highest BCUT2D eigenvalue weighted by Crippen LogP contribution is 2.34. The number of amides is 1. The fourth-order valence-electron chi connectivity index (χ4n) is 1.89. The Morgan fingerprint density at radius 2 is 2.18 bits per heavy atom. The molecule has 1 aliphatic carbocycles. The van der Waals surface area contributed by atoms with Crippen molar-refractivity contribution in [2.75, 3.05) is 13.7 Å². The van der Waals surface area contributed by atoms with Crippen LogP contribution in [0.1, 0.15) is 18.4 Å². The van der Waals surface area contributed by atoms with E-state index in [4.69, 9.17) is 10.5 Å². The number of hydrogen-bond donors (Lipinski definition) is 2. The largest absolute Gasteiger partial charge is 0.496 e. The number of methoxy groups -OCH3 is 1. The maximum atomic E-state index is 11.9. The van der Waals surface area contributed by atoms with E-state index in [2.05, 4.69) is 5.32 Å². The van der Waals surface area contributed by atoms with Gasteiger partial charge in [-0.1, -0.05) is 18.2 Å². The van der Waals surface area contributed by atoms with E-state index in [-0.39, 0.29) is 11.4 Å². The van der Waals surface area contributed by atoms with Crippen molar-refractivity contribution < 1.29 is 9.53 Å². The molecule has 17 heavy (non-hydrogen) atoms. The number of hydrogen-bond acceptors (Lipinski definition) is 3. The van der Waals surface area contributed by atoms with Crippen LogP contribution in [0.15, 0.2) is 24.3 Å². The molecule has 0 saturated heterocycles. The van der Waals surface area contributed by atoms with Gasteiger partial charge in [0, 0.05) is 12.1 Å². The van der Waals surface area contributed by atoms with Crippen LogP contribution in [0.2, 0.25) is 0 Å². The van der Waals surface area contributed by atoms with Gasteiger partial charge in [-0.25, -0.2) is 0 Å². The molecule has 3 N–H and O–H groups in total. The number of nitrogens with two attached hydrogens (primary N) is 1. The quantitative estimate of drug-likeness (QED) is 0.793. The number of rotatable bonds is 5. The molecule has 1 aromatic carbocycles. The van der Waals surface area contributed by atoms with Crippen molar-refractivity contribution >= 4 is 5.91 Å². The maximum absolute atomic E-state index is 11.9. The molecule has 2 rings (SSSR count). The first-order valence-electron chi connectivity index (χ1n) is 5.82. The third-order valence-electron chi connectivity index (χ3n) is 3.19. The number of benzene rings is 1. The Labute approximate surface area is 101 Å². The minimum absolute atomic E-state index is 0.0115. The van der Waals surface area contributed by atoms with Crippen LogP contribution in [0, 0.1) is 0 Å². The number of nitrogens with one attached hydrogen (secondary N) is 1. The van der Waals surface area contributed by atoms with E-state index in [1.54, 1.807) is 7.11 Å². The number of para-hydroxylation sites is 1. The molecule has 4 heteroatoms. The smallest absolute Gasteiger partial charge is 0.225 e. The van der Waals surface area contributed by atoms with Crippen LogP contribution >= 0.6 is 0 Å². The fraction of sp³-hybridized carbons (Fsp3) is 0.462. The maximum Gasteiger partial charge on any atom is 0.225 e. The highest BCUT2D eigenvalue weighted by Gasteiger charge is 2.42. The molecule has 4 nitrogen and oxygen atoms in total. The number of carbonyl (C=O) groups is 1. The molecule has 1 amide bonds. The first-order chi connectivity index (χ1) is 8.19. The van der Waals surface area contributed by atoms with E-state index < -0.39 is 0 Å². The standard InChI is InChI=1S/C13H18N2O2/c1-17-11-5-3-2-4-10(11)8-12(16)15-13(9-14)6-7-13/h2-5H,6-9,14H2,1H3,(H,15,16). The first-order valence-corrected chi connectivity index (χ1v) is 5.82. The molecule has 0 aromatic heterocycles. The van der Waals surface area contributed by atoms with Gasteiger partial charge in [-0.2, -0.15) is 0 Å². The van der Waals surface area contributed by atoms with E-state index in [0.29, 0.717) is 13.0 Å². The highest BCUT2D eigenvalue weighted by molar-refractivity contribution is 5.80. The first kappa shape index (κ1) is 11.9. The summed E-state index contributed by atoms with van der Waals surface area (Å²) in [5.74, 6) is 0.762. The summed E-state index contributed by atoms with van der Waals surface area (Å²) in [5.41, 5.74) is 6.40. The Morgan fingerprint density at radius 3 is 2.76 bits per heavy atom. The Kier molecular flexibility index (Phi) is 3.33. The van der Waals surface area contributed by atoms with Gasteiger partial charge in [0.25, 0.3) is 0 Å². The average Bonchev–Trinajstić information content (AvgIpc) is 3.10. The van der Waals surface area contributed by atoms with E-state index >= 15 is 0 Å². The van der Waals surface area contributed by atoms with Crippen molar-refractivity contribution in [3.05, 3.63) is 29.8 Å². The van der Waals surface area contributed by atoms with Gasteiger partial charge in [0.15, 0.2) is 0 Å². The molecular formula is C13H18N2O2. The van der Waals surface area contributed by atoms with Gasteiger partial charge >= 0.3 is 0 Å². The third-order valence-corrected chi connectivity index (χ3v) is 3.19. The van der Waals surface area contributed by atoms with Gasteiger partial charge in [0.2, 0.25) is 5.91 Å².